The molecule has 29 heavy (non-hydrogen) atoms. The number of aliphatic hydroxyl groups excluding tert-OH is 1. The normalized spacial score (nSPS) is 41.0. The minimum absolute atomic E-state index is 0.0113. The third-order valence-corrected chi connectivity index (χ3v) is 8.22. The van der Waals surface area contributed by atoms with E-state index in [1.807, 2.05) is 6.08 Å². The minimum atomic E-state index is -1.05. The summed E-state index contributed by atoms with van der Waals surface area (Å²) in [6.45, 7) is 4.17. The molecule has 1 N–H and O–H groups in total. The first kappa shape index (κ1) is 21.0. The predicted molar refractivity (Wildman–Crippen MR) is 109 cm³/mol. The number of fused-ring (bicyclic) bond motifs is 4. The highest BCUT2D eigenvalue weighted by Gasteiger charge is 2.66. The number of ether oxygens (including phenoxy) is 2. The van der Waals surface area contributed by atoms with E-state index in [2.05, 4.69) is 13.8 Å². The molecule has 0 spiro atoms. The second kappa shape index (κ2) is 7.16. The number of carbonyl (C=O) groups excluding carboxylic acids is 2. The van der Waals surface area contributed by atoms with Crippen molar-refractivity contribution in [2.75, 3.05) is 19.8 Å². The molecule has 4 aliphatic rings. The van der Waals surface area contributed by atoms with Crippen LogP contribution in [0.1, 0.15) is 46.0 Å². The first-order valence-electron chi connectivity index (χ1n) is 10.3. The third kappa shape index (κ3) is 2.78. The number of carbonyl (C=O) groups is 2. The van der Waals surface area contributed by atoms with Gasteiger partial charge in [0.1, 0.15) is 12.4 Å². The molecule has 5 nitrogen and oxygen atoms in total. The molecule has 0 aromatic carbocycles. The van der Waals surface area contributed by atoms with Gasteiger partial charge in [0.2, 0.25) is 0 Å². The number of alkyl halides is 1. The van der Waals surface area contributed by atoms with E-state index in [-0.39, 0.29) is 30.2 Å². The summed E-state index contributed by atoms with van der Waals surface area (Å²) in [7, 11) is 1.54. The van der Waals surface area contributed by atoms with Crippen LogP contribution in [0.15, 0.2) is 34.9 Å². The van der Waals surface area contributed by atoms with Crippen molar-refractivity contribution in [3.63, 3.8) is 0 Å². The van der Waals surface area contributed by atoms with Crippen molar-refractivity contribution in [1.82, 2.24) is 0 Å². The molecule has 6 heteroatoms. The Morgan fingerprint density at radius 2 is 2.10 bits per heavy atom. The van der Waals surface area contributed by atoms with Crippen LogP contribution in [0, 0.1) is 16.7 Å². The maximum absolute atomic E-state index is 13.0. The van der Waals surface area contributed by atoms with Crippen LogP contribution in [0.2, 0.25) is 0 Å². The SMILES string of the molecule is COCO[C@]1(C(=O)CCl)CC[C@H]2C3=C([C@@H](O)C[C@@]21C)[C@@]1(C)C=CC(=O)C=C1CC3. The number of halogens is 1. The highest BCUT2D eigenvalue weighted by atomic mass is 35.5. The van der Waals surface area contributed by atoms with Gasteiger partial charge in [0.15, 0.2) is 11.6 Å². The van der Waals surface area contributed by atoms with E-state index in [1.54, 1.807) is 12.2 Å². The molecule has 1 fully saturated rings. The van der Waals surface area contributed by atoms with Gasteiger partial charge in [0.05, 0.1) is 12.0 Å². The lowest BCUT2D eigenvalue weighted by molar-refractivity contribution is -0.191. The van der Waals surface area contributed by atoms with Crippen molar-refractivity contribution >= 4 is 23.2 Å². The lowest BCUT2D eigenvalue weighted by atomic mass is 9.52. The van der Waals surface area contributed by atoms with Crippen molar-refractivity contribution in [2.24, 2.45) is 16.7 Å². The van der Waals surface area contributed by atoms with Crippen LogP contribution in [-0.2, 0) is 19.1 Å². The van der Waals surface area contributed by atoms with Crippen LogP contribution < -0.4 is 0 Å². The van der Waals surface area contributed by atoms with E-state index in [4.69, 9.17) is 21.1 Å². The number of ketones is 2. The lowest BCUT2D eigenvalue weighted by Gasteiger charge is -2.54. The molecule has 0 amide bonds. The number of hydrogen-bond donors (Lipinski definition) is 1. The topological polar surface area (TPSA) is 72.8 Å². The molecule has 0 radical (unpaired) electrons. The molecule has 0 aromatic rings. The first-order chi connectivity index (χ1) is 13.7. The Balaban J connectivity index is 1.82. The summed E-state index contributed by atoms with van der Waals surface area (Å²) in [5.41, 5.74) is 1.28. The smallest absolute Gasteiger partial charge is 0.179 e. The predicted octanol–water partition coefficient (Wildman–Crippen LogP) is 3.50. The minimum Gasteiger partial charge on any atom is -0.389 e. The Labute approximate surface area is 176 Å². The molecule has 158 valence electrons. The van der Waals surface area contributed by atoms with Gasteiger partial charge in [-0.25, -0.2) is 0 Å². The maximum Gasteiger partial charge on any atom is 0.179 e. The monoisotopic (exact) mass is 420 g/mol. The Hall–Kier alpha value is -1.27. The van der Waals surface area contributed by atoms with Gasteiger partial charge in [-0.15, -0.1) is 11.6 Å². The number of methoxy groups -OCH3 is 1. The molecule has 0 heterocycles. The Morgan fingerprint density at radius 1 is 1.34 bits per heavy atom. The van der Waals surface area contributed by atoms with Gasteiger partial charge in [-0.05, 0) is 62.7 Å². The van der Waals surface area contributed by atoms with Crippen molar-refractivity contribution in [2.45, 2.75) is 57.7 Å². The summed E-state index contributed by atoms with van der Waals surface area (Å²) in [4.78, 5) is 24.9. The molecule has 0 bridgehead atoms. The van der Waals surface area contributed by atoms with E-state index in [1.165, 1.54) is 12.7 Å². The van der Waals surface area contributed by atoms with Crippen LogP contribution in [-0.4, -0.2) is 48.2 Å². The standard InChI is InChI=1S/C23H29ClO5/c1-21-8-6-15(25)10-14(21)4-5-16-17-7-9-23(19(27)12-24,29-13-28-3)22(17,2)11-18(26)20(16)21/h6,8,10,17-18,26H,4-5,7,9,11-13H2,1-3H3/t17-,18-,21-,22-,23-/m0/s1. The largest absolute Gasteiger partial charge is 0.389 e. The molecular weight excluding hydrogens is 392 g/mol. The van der Waals surface area contributed by atoms with Crippen molar-refractivity contribution in [3.05, 3.63) is 34.9 Å². The fraction of sp³-hybridized carbons (Fsp3) is 0.652. The third-order valence-electron chi connectivity index (χ3n) is 7.98. The van der Waals surface area contributed by atoms with Crippen molar-refractivity contribution in [3.8, 4) is 0 Å². The number of Topliss-reactive ketones (excluding diaryl/α,β-unsaturated/α-hetero) is 1. The molecule has 4 aliphatic carbocycles. The summed E-state index contributed by atoms with van der Waals surface area (Å²) in [6.07, 6.45) is 7.97. The zero-order chi connectivity index (χ0) is 21.0. The summed E-state index contributed by atoms with van der Waals surface area (Å²) in [5, 5.41) is 11.4. The number of allylic oxidation sites excluding steroid dienone is 5. The van der Waals surface area contributed by atoms with Crippen LogP contribution >= 0.6 is 11.6 Å². The zero-order valence-electron chi connectivity index (χ0n) is 17.3. The van der Waals surface area contributed by atoms with E-state index in [0.717, 1.165) is 30.4 Å². The molecule has 0 saturated heterocycles. The summed E-state index contributed by atoms with van der Waals surface area (Å²) in [5.74, 6) is -0.112. The van der Waals surface area contributed by atoms with Gasteiger partial charge >= 0.3 is 0 Å². The summed E-state index contributed by atoms with van der Waals surface area (Å²) >= 11 is 6.00. The highest BCUT2D eigenvalue weighted by molar-refractivity contribution is 6.29. The molecule has 4 rings (SSSR count). The van der Waals surface area contributed by atoms with Crippen molar-refractivity contribution in [1.29, 1.82) is 0 Å². The van der Waals surface area contributed by atoms with Crippen LogP contribution in [0.5, 0.6) is 0 Å². The molecule has 0 aliphatic heterocycles. The van der Waals surface area contributed by atoms with E-state index in [0.29, 0.717) is 12.8 Å². The van der Waals surface area contributed by atoms with E-state index < -0.39 is 22.5 Å². The second-order valence-corrected chi connectivity index (χ2v) is 9.48. The van der Waals surface area contributed by atoms with E-state index in [9.17, 15) is 14.7 Å². The van der Waals surface area contributed by atoms with Gasteiger partial charge < -0.3 is 14.6 Å². The van der Waals surface area contributed by atoms with Gasteiger partial charge in [-0.1, -0.05) is 24.1 Å². The van der Waals surface area contributed by atoms with Gasteiger partial charge in [-0.3, -0.25) is 9.59 Å². The molecule has 1 saturated carbocycles. The second-order valence-electron chi connectivity index (χ2n) is 9.21. The Bertz CT molecular complexity index is 842. The van der Waals surface area contributed by atoms with Crippen LogP contribution in [0.3, 0.4) is 0 Å². The first-order valence-corrected chi connectivity index (χ1v) is 10.8. The number of aliphatic hydroxyl groups is 1. The molecule has 0 unspecified atom stereocenters. The Morgan fingerprint density at radius 3 is 2.79 bits per heavy atom. The molecule has 5 atom stereocenters. The maximum atomic E-state index is 13.0. The molecular formula is C23H29ClO5. The summed E-state index contributed by atoms with van der Waals surface area (Å²) in [6, 6.07) is 0. The fourth-order valence-corrected chi connectivity index (χ4v) is 6.84. The van der Waals surface area contributed by atoms with Crippen LogP contribution in [0.4, 0.5) is 0 Å². The summed E-state index contributed by atoms with van der Waals surface area (Å²) < 4.78 is 11.2. The van der Waals surface area contributed by atoms with Gasteiger partial charge in [0.25, 0.3) is 0 Å². The average Bonchev–Trinajstić information content (AvgIpc) is 2.98. The zero-order valence-corrected chi connectivity index (χ0v) is 18.1. The number of hydrogen-bond acceptors (Lipinski definition) is 5. The average molecular weight is 421 g/mol. The fourth-order valence-electron chi connectivity index (χ4n) is 6.63. The van der Waals surface area contributed by atoms with Gasteiger partial charge in [-0.2, -0.15) is 0 Å². The lowest BCUT2D eigenvalue weighted by Crippen LogP contribution is -2.58. The van der Waals surface area contributed by atoms with Crippen molar-refractivity contribution < 1.29 is 24.2 Å². The Kier molecular flexibility index (Phi) is 5.18. The number of rotatable bonds is 5. The van der Waals surface area contributed by atoms with Gasteiger partial charge in [0, 0.05) is 17.9 Å². The highest BCUT2D eigenvalue weighted by Crippen LogP contribution is 2.65. The van der Waals surface area contributed by atoms with E-state index >= 15 is 0 Å². The quantitative estimate of drug-likeness (QED) is 0.418. The molecule has 0 aromatic heterocycles. The van der Waals surface area contributed by atoms with Crippen LogP contribution in [0.25, 0.3) is 0 Å².